The molecule has 0 aromatic rings. The highest BCUT2D eigenvalue weighted by Gasteiger charge is 2.22. The standard InChI is InChI=1S/C9H19NO2S/c1-6-13-8(7(2)3)10(4)9(11)12-5/h7-8H,6H2,1-5H3. The molecule has 0 radical (unpaired) electrons. The van der Waals surface area contributed by atoms with E-state index < -0.39 is 0 Å². The van der Waals surface area contributed by atoms with Crippen LogP contribution >= 0.6 is 11.8 Å². The number of thioether (sulfide) groups is 1. The van der Waals surface area contributed by atoms with Crippen molar-refractivity contribution < 1.29 is 9.53 Å². The van der Waals surface area contributed by atoms with Crippen LogP contribution in [0.5, 0.6) is 0 Å². The van der Waals surface area contributed by atoms with Gasteiger partial charge in [-0.2, -0.15) is 0 Å². The molecule has 0 aliphatic heterocycles. The van der Waals surface area contributed by atoms with Gasteiger partial charge in [-0.25, -0.2) is 4.79 Å². The number of amides is 1. The molecule has 78 valence electrons. The molecule has 1 amide bonds. The summed E-state index contributed by atoms with van der Waals surface area (Å²) >= 11 is 1.76. The lowest BCUT2D eigenvalue weighted by atomic mass is 10.2. The van der Waals surface area contributed by atoms with E-state index in [1.165, 1.54) is 7.11 Å². The maximum absolute atomic E-state index is 11.2. The molecule has 0 fully saturated rings. The molecule has 1 unspecified atom stereocenters. The first-order valence-electron chi connectivity index (χ1n) is 4.47. The monoisotopic (exact) mass is 205 g/mol. The summed E-state index contributed by atoms with van der Waals surface area (Å²) in [5.74, 6) is 1.44. The maximum Gasteiger partial charge on any atom is 0.410 e. The van der Waals surface area contributed by atoms with E-state index in [9.17, 15) is 4.79 Å². The van der Waals surface area contributed by atoms with Gasteiger partial charge in [-0.15, -0.1) is 11.8 Å². The third kappa shape index (κ3) is 3.89. The van der Waals surface area contributed by atoms with Gasteiger partial charge < -0.3 is 4.74 Å². The van der Waals surface area contributed by atoms with Crippen LogP contribution in [-0.2, 0) is 4.74 Å². The minimum atomic E-state index is -0.264. The Morgan fingerprint density at radius 2 is 2.08 bits per heavy atom. The predicted octanol–water partition coefficient (Wildman–Crippen LogP) is 2.42. The average molecular weight is 205 g/mol. The second kappa shape index (κ2) is 6.13. The summed E-state index contributed by atoms with van der Waals surface area (Å²) in [4.78, 5) is 12.9. The average Bonchev–Trinajstić information content (AvgIpc) is 2.11. The summed E-state index contributed by atoms with van der Waals surface area (Å²) in [6, 6.07) is 0. The smallest absolute Gasteiger partial charge is 0.410 e. The van der Waals surface area contributed by atoms with Crippen LogP contribution < -0.4 is 0 Å². The molecule has 0 N–H and O–H groups in total. The Labute approximate surface area is 84.8 Å². The summed E-state index contributed by atoms with van der Waals surface area (Å²) in [6.45, 7) is 6.30. The van der Waals surface area contributed by atoms with Crippen LogP contribution in [0.15, 0.2) is 0 Å². The summed E-state index contributed by atoms with van der Waals surface area (Å²) in [5.41, 5.74) is 0. The topological polar surface area (TPSA) is 29.5 Å². The summed E-state index contributed by atoms with van der Waals surface area (Å²) in [7, 11) is 3.19. The van der Waals surface area contributed by atoms with Crippen LogP contribution in [0.4, 0.5) is 4.79 Å². The van der Waals surface area contributed by atoms with Gasteiger partial charge in [-0.05, 0) is 11.7 Å². The molecule has 0 rings (SSSR count). The highest BCUT2D eigenvalue weighted by Crippen LogP contribution is 2.22. The van der Waals surface area contributed by atoms with Crippen LogP contribution in [0, 0.1) is 5.92 Å². The Hall–Kier alpha value is -0.380. The number of ether oxygens (including phenoxy) is 1. The van der Waals surface area contributed by atoms with E-state index in [1.54, 1.807) is 23.7 Å². The molecule has 0 heterocycles. The Bertz CT molecular complexity index is 162. The molecule has 0 spiro atoms. The van der Waals surface area contributed by atoms with Gasteiger partial charge >= 0.3 is 6.09 Å². The quantitative estimate of drug-likeness (QED) is 0.660. The second-order valence-electron chi connectivity index (χ2n) is 3.17. The van der Waals surface area contributed by atoms with Crippen LogP contribution in [0.3, 0.4) is 0 Å². The highest BCUT2D eigenvalue weighted by molar-refractivity contribution is 7.99. The largest absolute Gasteiger partial charge is 0.453 e. The van der Waals surface area contributed by atoms with Crippen LogP contribution in [0.25, 0.3) is 0 Å². The van der Waals surface area contributed by atoms with E-state index in [2.05, 4.69) is 25.5 Å². The zero-order valence-corrected chi connectivity index (χ0v) is 9.85. The van der Waals surface area contributed by atoms with E-state index in [0.29, 0.717) is 5.92 Å². The molecule has 0 aliphatic carbocycles. The second-order valence-corrected chi connectivity index (χ2v) is 4.56. The summed E-state index contributed by atoms with van der Waals surface area (Å²) < 4.78 is 4.66. The lowest BCUT2D eigenvalue weighted by Gasteiger charge is -2.29. The fourth-order valence-corrected chi connectivity index (χ4v) is 2.21. The van der Waals surface area contributed by atoms with Gasteiger partial charge in [0.1, 0.15) is 0 Å². The minimum Gasteiger partial charge on any atom is -0.453 e. The van der Waals surface area contributed by atoms with Crippen LogP contribution in [-0.4, -0.2) is 36.3 Å². The fraction of sp³-hybridized carbons (Fsp3) is 0.889. The number of hydrogen-bond donors (Lipinski definition) is 0. The Kier molecular flexibility index (Phi) is 5.95. The molecular weight excluding hydrogens is 186 g/mol. The first-order chi connectivity index (χ1) is 6.04. The predicted molar refractivity (Wildman–Crippen MR) is 56.9 cm³/mol. The first-order valence-corrected chi connectivity index (χ1v) is 5.51. The molecule has 0 saturated carbocycles. The van der Waals surface area contributed by atoms with Crippen molar-refractivity contribution in [3.63, 3.8) is 0 Å². The van der Waals surface area contributed by atoms with E-state index in [-0.39, 0.29) is 11.5 Å². The SMILES string of the molecule is CCSC(C(C)C)N(C)C(=O)OC. The lowest BCUT2D eigenvalue weighted by Crippen LogP contribution is -2.38. The first kappa shape index (κ1) is 12.6. The van der Waals surface area contributed by atoms with Gasteiger partial charge in [0.15, 0.2) is 0 Å². The Morgan fingerprint density at radius 1 is 1.54 bits per heavy atom. The molecule has 1 atom stereocenters. The van der Waals surface area contributed by atoms with Crippen molar-refractivity contribution >= 4 is 17.9 Å². The van der Waals surface area contributed by atoms with Crippen LogP contribution in [0.2, 0.25) is 0 Å². The number of hydrogen-bond acceptors (Lipinski definition) is 3. The molecule has 13 heavy (non-hydrogen) atoms. The van der Waals surface area contributed by atoms with Crippen molar-refractivity contribution in [3.8, 4) is 0 Å². The van der Waals surface area contributed by atoms with Crippen molar-refractivity contribution in [1.29, 1.82) is 0 Å². The van der Waals surface area contributed by atoms with Gasteiger partial charge in [0.2, 0.25) is 0 Å². The molecule has 0 aromatic carbocycles. The number of carbonyl (C=O) groups excluding carboxylic acids is 1. The van der Waals surface area contributed by atoms with Crippen molar-refractivity contribution in [2.24, 2.45) is 5.92 Å². The maximum atomic E-state index is 11.2. The van der Waals surface area contributed by atoms with Crippen molar-refractivity contribution in [3.05, 3.63) is 0 Å². The number of methoxy groups -OCH3 is 1. The molecule has 3 nitrogen and oxygen atoms in total. The number of nitrogens with zero attached hydrogens (tertiary/aromatic N) is 1. The molecule has 0 saturated heterocycles. The molecule has 4 heteroatoms. The van der Waals surface area contributed by atoms with Gasteiger partial charge in [0.25, 0.3) is 0 Å². The van der Waals surface area contributed by atoms with Gasteiger partial charge in [-0.1, -0.05) is 20.8 Å². The summed E-state index contributed by atoms with van der Waals surface area (Å²) in [6.07, 6.45) is -0.264. The number of rotatable bonds is 4. The van der Waals surface area contributed by atoms with Crippen LogP contribution in [0.1, 0.15) is 20.8 Å². The molecule has 0 aromatic heterocycles. The Morgan fingerprint density at radius 3 is 2.38 bits per heavy atom. The lowest BCUT2D eigenvalue weighted by molar-refractivity contribution is 0.124. The van der Waals surface area contributed by atoms with E-state index in [0.717, 1.165) is 5.75 Å². The molecule has 0 bridgehead atoms. The zero-order chi connectivity index (χ0) is 10.4. The van der Waals surface area contributed by atoms with Crippen molar-refractivity contribution in [2.45, 2.75) is 26.1 Å². The van der Waals surface area contributed by atoms with Gasteiger partial charge in [-0.3, -0.25) is 4.90 Å². The molecule has 0 aliphatic rings. The third-order valence-corrected chi connectivity index (χ3v) is 3.29. The normalized spacial score (nSPS) is 12.8. The third-order valence-electron chi connectivity index (χ3n) is 1.75. The Balaban J connectivity index is 4.26. The van der Waals surface area contributed by atoms with E-state index in [4.69, 9.17) is 0 Å². The van der Waals surface area contributed by atoms with Crippen molar-refractivity contribution in [2.75, 3.05) is 19.9 Å². The molecular formula is C9H19NO2S. The van der Waals surface area contributed by atoms with E-state index >= 15 is 0 Å². The highest BCUT2D eigenvalue weighted by atomic mass is 32.2. The summed E-state index contributed by atoms with van der Waals surface area (Å²) in [5, 5.41) is 0.206. The number of carbonyl (C=O) groups is 1. The van der Waals surface area contributed by atoms with E-state index in [1.807, 2.05) is 0 Å². The van der Waals surface area contributed by atoms with Gasteiger partial charge in [0, 0.05) is 7.05 Å². The van der Waals surface area contributed by atoms with Gasteiger partial charge in [0.05, 0.1) is 12.5 Å². The minimum absolute atomic E-state index is 0.206. The fourth-order valence-electron chi connectivity index (χ4n) is 1.17. The zero-order valence-electron chi connectivity index (χ0n) is 9.03. The van der Waals surface area contributed by atoms with Crippen molar-refractivity contribution in [1.82, 2.24) is 4.90 Å².